The van der Waals surface area contributed by atoms with Gasteiger partial charge in [-0.2, -0.15) is 0 Å². The Morgan fingerprint density at radius 1 is 1.26 bits per heavy atom. The van der Waals surface area contributed by atoms with Crippen molar-refractivity contribution in [2.75, 3.05) is 13.1 Å². The van der Waals surface area contributed by atoms with E-state index in [1.807, 2.05) is 13.8 Å². The van der Waals surface area contributed by atoms with Gasteiger partial charge in [0.2, 0.25) is 11.8 Å². The quantitative estimate of drug-likeness (QED) is 0.707. The van der Waals surface area contributed by atoms with Crippen LogP contribution < -0.4 is 5.32 Å². The Morgan fingerprint density at radius 3 is 2.26 bits per heavy atom. The van der Waals surface area contributed by atoms with Gasteiger partial charge < -0.3 is 10.4 Å². The molecule has 1 aliphatic carbocycles. The number of hydrogen-bond acceptors (Lipinski definition) is 4. The largest absolute Gasteiger partial charge is 0.390 e. The molecule has 19 heavy (non-hydrogen) atoms. The fourth-order valence-corrected chi connectivity index (χ4v) is 3.17. The number of likely N-dealkylation sites (tertiary alicyclic amines) is 1. The topological polar surface area (TPSA) is 69.6 Å². The molecule has 1 saturated heterocycles. The Hall–Kier alpha value is -0.940. The van der Waals surface area contributed by atoms with Gasteiger partial charge in [0.15, 0.2) is 0 Å². The van der Waals surface area contributed by atoms with Crippen LogP contribution in [-0.2, 0) is 9.59 Å². The molecule has 0 aromatic rings. The number of imide groups is 1. The number of aliphatic hydroxyl groups is 1. The molecular weight excluding hydrogens is 244 g/mol. The summed E-state index contributed by atoms with van der Waals surface area (Å²) in [6.07, 6.45) is 0.935. The Kier molecular flexibility index (Phi) is 4.26. The van der Waals surface area contributed by atoms with E-state index in [0.29, 0.717) is 12.5 Å². The van der Waals surface area contributed by atoms with Crippen LogP contribution in [0.1, 0.15) is 33.6 Å². The maximum atomic E-state index is 12.2. The number of carbonyl (C=O) groups excluding carboxylic acids is 2. The van der Waals surface area contributed by atoms with E-state index in [9.17, 15) is 14.7 Å². The normalized spacial score (nSPS) is 32.3. The fraction of sp³-hybridized carbons (Fsp3) is 0.857. The number of nitrogens with zero attached hydrogens (tertiary/aromatic N) is 1. The van der Waals surface area contributed by atoms with Gasteiger partial charge in [-0.3, -0.25) is 14.5 Å². The third kappa shape index (κ3) is 2.98. The lowest BCUT2D eigenvalue weighted by atomic mass is 10.00. The first-order valence-electron chi connectivity index (χ1n) is 7.16. The Bertz CT molecular complexity index is 346. The molecule has 2 fully saturated rings. The fourth-order valence-electron chi connectivity index (χ4n) is 3.17. The molecule has 0 bridgehead atoms. The highest BCUT2D eigenvalue weighted by atomic mass is 16.3. The zero-order chi connectivity index (χ0) is 14.2. The molecule has 2 aliphatic rings. The molecule has 108 valence electrons. The molecule has 1 aliphatic heterocycles. The van der Waals surface area contributed by atoms with Crippen molar-refractivity contribution in [1.29, 1.82) is 0 Å². The number of rotatable bonds is 5. The summed E-state index contributed by atoms with van der Waals surface area (Å²) in [5, 5.41) is 13.0. The third-order valence-corrected chi connectivity index (χ3v) is 4.12. The van der Waals surface area contributed by atoms with E-state index in [-0.39, 0.29) is 36.2 Å². The molecule has 0 aromatic carbocycles. The number of amides is 2. The Labute approximate surface area is 114 Å². The highest BCUT2D eigenvalue weighted by Gasteiger charge is 2.51. The molecule has 1 saturated carbocycles. The molecule has 1 heterocycles. The molecule has 2 amide bonds. The monoisotopic (exact) mass is 268 g/mol. The summed E-state index contributed by atoms with van der Waals surface area (Å²) in [5.74, 6) is 0.0315. The lowest BCUT2D eigenvalue weighted by Gasteiger charge is -2.21. The summed E-state index contributed by atoms with van der Waals surface area (Å²) in [6, 6.07) is 0.278. The minimum Gasteiger partial charge on any atom is -0.390 e. The van der Waals surface area contributed by atoms with Crippen molar-refractivity contribution >= 4 is 11.8 Å². The van der Waals surface area contributed by atoms with Crippen molar-refractivity contribution in [3.63, 3.8) is 0 Å². The standard InChI is InChI=1S/C14H24N2O3/c1-8(2)15-6-10(17)7-16-13(18)11-4-9(3)5-12(11)14(16)19/h8-12,15,17H,4-7H2,1-3H3. The molecule has 3 atom stereocenters. The van der Waals surface area contributed by atoms with Gasteiger partial charge in [0.25, 0.3) is 0 Å². The van der Waals surface area contributed by atoms with Gasteiger partial charge in [0.1, 0.15) is 0 Å². The summed E-state index contributed by atoms with van der Waals surface area (Å²) in [6.45, 7) is 6.60. The first kappa shape index (κ1) is 14.5. The van der Waals surface area contributed by atoms with Crippen LogP contribution >= 0.6 is 0 Å². The Balaban J connectivity index is 1.92. The maximum absolute atomic E-state index is 12.2. The molecule has 2 N–H and O–H groups in total. The van der Waals surface area contributed by atoms with Crippen LogP contribution in [0.25, 0.3) is 0 Å². The van der Waals surface area contributed by atoms with Crippen molar-refractivity contribution in [3.8, 4) is 0 Å². The van der Waals surface area contributed by atoms with E-state index in [1.54, 1.807) is 0 Å². The first-order valence-corrected chi connectivity index (χ1v) is 7.16. The van der Waals surface area contributed by atoms with Crippen LogP contribution in [-0.4, -0.2) is 47.1 Å². The van der Waals surface area contributed by atoms with Crippen LogP contribution in [0.15, 0.2) is 0 Å². The summed E-state index contributed by atoms with van der Waals surface area (Å²) in [7, 11) is 0. The van der Waals surface area contributed by atoms with Gasteiger partial charge in [-0.15, -0.1) is 0 Å². The van der Waals surface area contributed by atoms with Gasteiger partial charge >= 0.3 is 0 Å². The van der Waals surface area contributed by atoms with Crippen LogP contribution in [0.3, 0.4) is 0 Å². The SMILES string of the molecule is CC1CC2C(=O)N(CC(O)CNC(C)C)C(=O)C2C1. The summed E-state index contributed by atoms with van der Waals surface area (Å²) in [4.78, 5) is 25.7. The molecular formula is C14H24N2O3. The van der Waals surface area contributed by atoms with Crippen LogP contribution in [0.4, 0.5) is 0 Å². The van der Waals surface area contributed by atoms with Crippen molar-refractivity contribution in [2.45, 2.75) is 45.8 Å². The zero-order valence-corrected chi connectivity index (χ0v) is 11.9. The second-order valence-corrected chi connectivity index (χ2v) is 6.29. The number of nitrogens with one attached hydrogen (secondary N) is 1. The summed E-state index contributed by atoms with van der Waals surface area (Å²) >= 11 is 0. The predicted octanol–water partition coefficient (Wildman–Crippen LogP) is 0.376. The second-order valence-electron chi connectivity index (χ2n) is 6.29. The van der Waals surface area contributed by atoms with E-state index < -0.39 is 6.10 Å². The zero-order valence-electron chi connectivity index (χ0n) is 11.9. The second kappa shape index (κ2) is 5.59. The number of hydrogen-bond donors (Lipinski definition) is 2. The minimum absolute atomic E-state index is 0.0806. The first-order chi connectivity index (χ1) is 8.90. The van der Waals surface area contributed by atoms with Crippen LogP contribution in [0, 0.1) is 17.8 Å². The number of fused-ring (bicyclic) bond motifs is 1. The molecule has 0 radical (unpaired) electrons. The van der Waals surface area contributed by atoms with Gasteiger partial charge in [0.05, 0.1) is 24.5 Å². The van der Waals surface area contributed by atoms with E-state index in [2.05, 4.69) is 12.2 Å². The van der Waals surface area contributed by atoms with Gasteiger partial charge in [-0.05, 0) is 18.8 Å². The lowest BCUT2D eigenvalue weighted by molar-refractivity contribution is -0.142. The average molecular weight is 268 g/mol. The number of carbonyl (C=O) groups is 2. The molecule has 3 unspecified atom stereocenters. The van der Waals surface area contributed by atoms with Crippen LogP contribution in [0.2, 0.25) is 0 Å². The van der Waals surface area contributed by atoms with Crippen LogP contribution in [0.5, 0.6) is 0 Å². The number of aliphatic hydroxyl groups excluding tert-OH is 1. The molecule has 2 rings (SSSR count). The lowest BCUT2D eigenvalue weighted by Crippen LogP contribution is -2.43. The van der Waals surface area contributed by atoms with Crippen molar-refractivity contribution in [3.05, 3.63) is 0 Å². The van der Waals surface area contributed by atoms with Gasteiger partial charge in [-0.1, -0.05) is 20.8 Å². The smallest absolute Gasteiger partial charge is 0.233 e. The maximum Gasteiger partial charge on any atom is 0.233 e. The van der Waals surface area contributed by atoms with E-state index in [1.165, 1.54) is 4.90 Å². The third-order valence-electron chi connectivity index (χ3n) is 4.12. The molecule has 5 nitrogen and oxygen atoms in total. The minimum atomic E-state index is -0.688. The number of β-amino-alcohol motifs (C(OH)–C–C–N with tert-alkyl or cyclic N) is 1. The predicted molar refractivity (Wildman–Crippen MR) is 71.2 cm³/mol. The highest BCUT2D eigenvalue weighted by molar-refractivity contribution is 6.05. The van der Waals surface area contributed by atoms with E-state index >= 15 is 0 Å². The van der Waals surface area contributed by atoms with Crippen molar-refractivity contribution in [1.82, 2.24) is 10.2 Å². The van der Waals surface area contributed by atoms with Gasteiger partial charge in [-0.25, -0.2) is 0 Å². The highest BCUT2D eigenvalue weighted by Crippen LogP contribution is 2.42. The molecule has 0 aromatic heterocycles. The summed E-state index contributed by atoms with van der Waals surface area (Å²) < 4.78 is 0. The van der Waals surface area contributed by atoms with Crippen molar-refractivity contribution < 1.29 is 14.7 Å². The van der Waals surface area contributed by atoms with E-state index in [4.69, 9.17) is 0 Å². The average Bonchev–Trinajstić information content (AvgIpc) is 2.81. The summed E-state index contributed by atoms with van der Waals surface area (Å²) in [5.41, 5.74) is 0. The van der Waals surface area contributed by atoms with E-state index in [0.717, 1.165) is 12.8 Å². The van der Waals surface area contributed by atoms with Crippen molar-refractivity contribution in [2.24, 2.45) is 17.8 Å². The van der Waals surface area contributed by atoms with Gasteiger partial charge in [0, 0.05) is 12.6 Å². The molecule has 0 spiro atoms. The Morgan fingerprint density at radius 2 is 1.79 bits per heavy atom. The molecule has 5 heteroatoms.